The van der Waals surface area contributed by atoms with Crippen molar-refractivity contribution in [1.29, 1.82) is 0 Å². The molecule has 0 aromatic heterocycles. The fourth-order valence-electron chi connectivity index (χ4n) is 3.02. The molecule has 21 heavy (non-hydrogen) atoms. The quantitative estimate of drug-likeness (QED) is 0.905. The van der Waals surface area contributed by atoms with Crippen molar-refractivity contribution < 1.29 is 9.90 Å². The van der Waals surface area contributed by atoms with Crippen LogP contribution in [0.3, 0.4) is 0 Å². The Morgan fingerprint density at radius 1 is 1.19 bits per heavy atom. The van der Waals surface area contributed by atoms with Crippen LogP contribution in [-0.2, 0) is 11.2 Å². The number of aliphatic carboxylic acids is 1. The second-order valence-corrected chi connectivity index (χ2v) is 6.36. The molecule has 1 saturated heterocycles. The molecular formula is C17H26N2O2. The zero-order chi connectivity index (χ0) is 15.5. The van der Waals surface area contributed by atoms with Gasteiger partial charge in [-0.3, -0.25) is 9.69 Å². The summed E-state index contributed by atoms with van der Waals surface area (Å²) in [5.41, 5.74) is 1.41. The van der Waals surface area contributed by atoms with E-state index < -0.39 is 11.5 Å². The van der Waals surface area contributed by atoms with E-state index >= 15 is 0 Å². The lowest BCUT2D eigenvalue weighted by atomic mass is 9.89. The molecule has 4 heteroatoms. The Morgan fingerprint density at radius 3 is 2.24 bits per heavy atom. The highest BCUT2D eigenvalue weighted by atomic mass is 16.4. The largest absolute Gasteiger partial charge is 0.480 e. The topological polar surface area (TPSA) is 43.8 Å². The van der Waals surface area contributed by atoms with E-state index in [1.807, 2.05) is 50.2 Å². The van der Waals surface area contributed by atoms with Gasteiger partial charge in [0.25, 0.3) is 0 Å². The smallest absolute Gasteiger partial charge is 0.324 e. The van der Waals surface area contributed by atoms with Crippen molar-refractivity contribution in [3.05, 3.63) is 29.8 Å². The number of nitrogens with zero attached hydrogens (tertiary/aromatic N) is 2. The summed E-state index contributed by atoms with van der Waals surface area (Å²) in [6, 6.07) is 8.18. The molecule has 0 bridgehead atoms. The van der Waals surface area contributed by atoms with Crippen molar-refractivity contribution in [2.45, 2.75) is 38.1 Å². The monoisotopic (exact) mass is 290 g/mol. The van der Waals surface area contributed by atoms with Crippen LogP contribution in [0, 0.1) is 0 Å². The number of piperidine rings is 1. The number of likely N-dealkylation sites (tertiary alicyclic amines) is 1. The molecule has 1 heterocycles. The normalized spacial score (nSPS) is 19.0. The maximum atomic E-state index is 11.9. The van der Waals surface area contributed by atoms with E-state index in [1.54, 1.807) is 0 Å². The van der Waals surface area contributed by atoms with Gasteiger partial charge in [0, 0.05) is 26.2 Å². The number of benzene rings is 1. The van der Waals surface area contributed by atoms with E-state index in [2.05, 4.69) is 4.90 Å². The summed E-state index contributed by atoms with van der Waals surface area (Å²) in [6.07, 6.45) is 3.96. The van der Waals surface area contributed by atoms with Crippen LogP contribution < -0.4 is 4.90 Å². The molecule has 1 aliphatic heterocycles. The minimum absolute atomic E-state index is 0.552. The van der Waals surface area contributed by atoms with E-state index in [4.69, 9.17) is 0 Å². The predicted octanol–water partition coefficient (Wildman–Crippen LogP) is 2.62. The van der Waals surface area contributed by atoms with Gasteiger partial charge in [-0.1, -0.05) is 18.6 Å². The molecule has 116 valence electrons. The second kappa shape index (κ2) is 6.48. The summed E-state index contributed by atoms with van der Waals surface area (Å²) >= 11 is 0. The Morgan fingerprint density at radius 2 is 1.76 bits per heavy atom. The summed E-state index contributed by atoms with van der Waals surface area (Å²) in [5.74, 6) is -0.721. The first-order chi connectivity index (χ1) is 9.93. The van der Waals surface area contributed by atoms with Gasteiger partial charge in [0.2, 0.25) is 0 Å². The summed E-state index contributed by atoms with van der Waals surface area (Å²) in [6.45, 7) is 3.64. The Kier molecular flexibility index (Phi) is 4.88. The third-order valence-corrected chi connectivity index (χ3v) is 4.52. The third kappa shape index (κ3) is 3.56. The molecule has 1 N–H and O–H groups in total. The number of hydrogen-bond acceptors (Lipinski definition) is 3. The molecule has 0 aliphatic carbocycles. The van der Waals surface area contributed by atoms with E-state index in [0.717, 1.165) is 37.2 Å². The number of anilines is 1. The summed E-state index contributed by atoms with van der Waals surface area (Å²) in [5, 5.41) is 9.74. The van der Waals surface area contributed by atoms with E-state index in [0.29, 0.717) is 6.42 Å². The molecule has 1 aromatic carbocycles. The Hall–Kier alpha value is -1.55. The lowest BCUT2D eigenvalue weighted by molar-refractivity contribution is -0.151. The SMILES string of the molecule is CN(C)c1ccc(CC(C)(C(=O)O)N2CCCCC2)cc1. The number of hydrogen-bond donors (Lipinski definition) is 1. The van der Waals surface area contributed by atoms with E-state index in [9.17, 15) is 9.90 Å². The molecular weight excluding hydrogens is 264 g/mol. The first-order valence-electron chi connectivity index (χ1n) is 7.68. The van der Waals surface area contributed by atoms with Crippen molar-refractivity contribution >= 4 is 11.7 Å². The lowest BCUT2D eigenvalue weighted by Gasteiger charge is -2.40. The van der Waals surface area contributed by atoms with Crippen molar-refractivity contribution in [3.8, 4) is 0 Å². The first kappa shape index (κ1) is 15.8. The average Bonchev–Trinajstić information content (AvgIpc) is 2.48. The Bertz CT molecular complexity index is 478. The highest BCUT2D eigenvalue weighted by Gasteiger charge is 2.39. The summed E-state index contributed by atoms with van der Waals surface area (Å²) < 4.78 is 0. The summed E-state index contributed by atoms with van der Waals surface area (Å²) in [4.78, 5) is 16.0. The van der Waals surface area contributed by atoms with Gasteiger partial charge in [-0.25, -0.2) is 0 Å². The molecule has 0 amide bonds. The van der Waals surface area contributed by atoms with Crippen molar-refractivity contribution in [1.82, 2.24) is 4.90 Å². The molecule has 0 spiro atoms. The molecule has 4 nitrogen and oxygen atoms in total. The molecule has 0 saturated carbocycles. The number of carboxylic acid groups (broad SMARTS) is 1. The first-order valence-corrected chi connectivity index (χ1v) is 7.68. The van der Waals surface area contributed by atoms with Crippen molar-refractivity contribution in [3.63, 3.8) is 0 Å². The van der Waals surface area contributed by atoms with Crippen LogP contribution in [0.15, 0.2) is 24.3 Å². The number of carbonyl (C=O) groups is 1. The number of carboxylic acids is 1. The van der Waals surface area contributed by atoms with Gasteiger partial charge in [-0.05, 0) is 50.6 Å². The van der Waals surface area contributed by atoms with Gasteiger partial charge in [0.05, 0.1) is 0 Å². The van der Waals surface area contributed by atoms with E-state index in [1.165, 1.54) is 6.42 Å². The summed E-state index contributed by atoms with van der Waals surface area (Å²) in [7, 11) is 4.01. The highest BCUT2D eigenvalue weighted by molar-refractivity contribution is 5.78. The molecule has 0 radical (unpaired) electrons. The Balaban J connectivity index is 2.17. The van der Waals surface area contributed by atoms with E-state index in [-0.39, 0.29) is 0 Å². The molecule has 2 rings (SSSR count). The van der Waals surface area contributed by atoms with Crippen molar-refractivity contribution in [2.24, 2.45) is 0 Å². The van der Waals surface area contributed by atoms with Gasteiger partial charge in [0.1, 0.15) is 5.54 Å². The zero-order valence-electron chi connectivity index (χ0n) is 13.3. The van der Waals surface area contributed by atoms with Crippen LogP contribution in [0.4, 0.5) is 5.69 Å². The second-order valence-electron chi connectivity index (χ2n) is 6.36. The fraction of sp³-hybridized carbons (Fsp3) is 0.588. The van der Waals surface area contributed by atoms with Gasteiger partial charge < -0.3 is 10.0 Å². The van der Waals surface area contributed by atoms with Crippen LogP contribution in [0.1, 0.15) is 31.7 Å². The minimum atomic E-state index is -0.806. The van der Waals surface area contributed by atoms with Crippen molar-refractivity contribution in [2.75, 3.05) is 32.1 Å². The van der Waals surface area contributed by atoms with Crippen LogP contribution in [-0.4, -0.2) is 48.7 Å². The van der Waals surface area contributed by atoms with Crippen LogP contribution in [0.25, 0.3) is 0 Å². The standard InChI is InChI=1S/C17H26N2O2/c1-17(16(20)21,19-11-5-4-6-12-19)13-14-7-9-15(10-8-14)18(2)3/h7-10H,4-6,11-13H2,1-3H3,(H,20,21). The molecule has 1 atom stereocenters. The molecule has 1 unspecified atom stereocenters. The predicted molar refractivity (Wildman–Crippen MR) is 85.9 cm³/mol. The Labute approximate surface area is 127 Å². The minimum Gasteiger partial charge on any atom is -0.480 e. The molecule has 1 fully saturated rings. The lowest BCUT2D eigenvalue weighted by Crippen LogP contribution is -2.55. The molecule has 1 aromatic rings. The van der Waals surface area contributed by atoms with Gasteiger partial charge in [-0.2, -0.15) is 0 Å². The third-order valence-electron chi connectivity index (χ3n) is 4.52. The maximum Gasteiger partial charge on any atom is 0.324 e. The van der Waals surface area contributed by atoms with Crippen LogP contribution in [0.2, 0.25) is 0 Å². The number of rotatable bonds is 5. The van der Waals surface area contributed by atoms with Gasteiger partial charge >= 0.3 is 5.97 Å². The zero-order valence-corrected chi connectivity index (χ0v) is 13.3. The van der Waals surface area contributed by atoms with Gasteiger partial charge in [0.15, 0.2) is 0 Å². The highest BCUT2D eigenvalue weighted by Crippen LogP contribution is 2.26. The fourth-order valence-corrected chi connectivity index (χ4v) is 3.02. The van der Waals surface area contributed by atoms with Crippen LogP contribution in [0.5, 0.6) is 0 Å². The van der Waals surface area contributed by atoms with Crippen LogP contribution >= 0.6 is 0 Å². The van der Waals surface area contributed by atoms with Gasteiger partial charge in [-0.15, -0.1) is 0 Å². The average molecular weight is 290 g/mol. The molecule has 1 aliphatic rings. The maximum absolute atomic E-state index is 11.9.